The van der Waals surface area contributed by atoms with Gasteiger partial charge < -0.3 is 9.47 Å². The molecular weight excluding hydrogens is 248 g/mol. The van der Waals surface area contributed by atoms with Gasteiger partial charge in [-0.2, -0.15) is 0 Å². The molecule has 0 saturated heterocycles. The molecule has 0 bridgehead atoms. The molecule has 20 heavy (non-hydrogen) atoms. The molecule has 1 atom stereocenters. The van der Waals surface area contributed by atoms with E-state index in [-0.39, 0.29) is 6.10 Å². The van der Waals surface area contributed by atoms with Crippen molar-refractivity contribution in [3.05, 3.63) is 83.6 Å². The van der Waals surface area contributed by atoms with Crippen LogP contribution in [-0.2, 0) is 16.1 Å². The van der Waals surface area contributed by atoms with Crippen LogP contribution in [0.15, 0.2) is 72.5 Å². The average Bonchev–Trinajstić information content (AvgIpc) is 2.55. The van der Waals surface area contributed by atoms with Crippen molar-refractivity contribution in [3.8, 4) is 0 Å². The second-order valence-electron chi connectivity index (χ2n) is 4.86. The van der Waals surface area contributed by atoms with Crippen molar-refractivity contribution in [2.75, 3.05) is 6.61 Å². The first-order valence-electron chi connectivity index (χ1n) is 6.96. The molecule has 0 fully saturated rings. The molecule has 1 aliphatic heterocycles. The van der Waals surface area contributed by atoms with Crippen LogP contribution in [0, 0.1) is 0 Å². The minimum absolute atomic E-state index is 0.00993. The summed E-state index contributed by atoms with van der Waals surface area (Å²) in [6, 6.07) is 20.5. The zero-order valence-corrected chi connectivity index (χ0v) is 11.4. The van der Waals surface area contributed by atoms with Gasteiger partial charge in [0.05, 0.1) is 12.4 Å². The highest BCUT2D eigenvalue weighted by Gasteiger charge is 2.16. The molecule has 0 aliphatic carbocycles. The van der Waals surface area contributed by atoms with E-state index in [9.17, 15) is 0 Å². The Morgan fingerprint density at radius 1 is 0.950 bits per heavy atom. The summed E-state index contributed by atoms with van der Waals surface area (Å²) in [7, 11) is 0. The molecule has 0 radical (unpaired) electrons. The standard InChI is InChI=1S/C18H18O2/c1-3-7-15(8-4-1)14-20-17-11-12-19-18(13-17)16-9-5-2-6-10-16/h1-10,13,18H,11-12,14H2/t18-/m0/s1. The highest BCUT2D eigenvalue weighted by Crippen LogP contribution is 2.26. The molecule has 0 unspecified atom stereocenters. The highest BCUT2D eigenvalue weighted by atomic mass is 16.5. The second-order valence-corrected chi connectivity index (χ2v) is 4.86. The predicted octanol–water partition coefficient (Wildman–Crippen LogP) is 4.25. The molecular formula is C18H18O2. The summed E-state index contributed by atoms with van der Waals surface area (Å²) in [6.45, 7) is 1.33. The Morgan fingerprint density at radius 2 is 1.65 bits per heavy atom. The number of rotatable bonds is 4. The minimum Gasteiger partial charge on any atom is -0.493 e. The number of benzene rings is 2. The van der Waals surface area contributed by atoms with E-state index in [1.165, 1.54) is 11.1 Å². The third-order valence-corrected chi connectivity index (χ3v) is 3.38. The Labute approximate surface area is 119 Å². The van der Waals surface area contributed by atoms with Crippen LogP contribution >= 0.6 is 0 Å². The van der Waals surface area contributed by atoms with E-state index in [0.29, 0.717) is 13.2 Å². The normalized spacial score (nSPS) is 18.4. The molecule has 0 amide bonds. The lowest BCUT2D eigenvalue weighted by Crippen LogP contribution is -2.12. The van der Waals surface area contributed by atoms with Gasteiger partial charge in [-0.05, 0) is 17.2 Å². The minimum atomic E-state index is 0.00993. The molecule has 0 saturated carbocycles. The van der Waals surface area contributed by atoms with Gasteiger partial charge >= 0.3 is 0 Å². The van der Waals surface area contributed by atoms with Gasteiger partial charge in [-0.1, -0.05) is 60.7 Å². The van der Waals surface area contributed by atoms with Gasteiger partial charge in [-0.3, -0.25) is 0 Å². The van der Waals surface area contributed by atoms with Crippen molar-refractivity contribution in [2.24, 2.45) is 0 Å². The van der Waals surface area contributed by atoms with Crippen LogP contribution in [0.1, 0.15) is 23.7 Å². The first-order chi connectivity index (χ1) is 9.92. The van der Waals surface area contributed by atoms with Crippen molar-refractivity contribution in [3.63, 3.8) is 0 Å². The molecule has 0 N–H and O–H groups in total. The fraction of sp³-hybridized carbons (Fsp3) is 0.222. The topological polar surface area (TPSA) is 18.5 Å². The summed E-state index contributed by atoms with van der Waals surface area (Å²) in [5, 5.41) is 0. The van der Waals surface area contributed by atoms with E-state index in [1.807, 2.05) is 36.4 Å². The van der Waals surface area contributed by atoms with Crippen LogP contribution in [0.3, 0.4) is 0 Å². The maximum absolute atomic E-state index is 5.90. The summed E-state index contributed by atoms with van der Waals surface area (Å²) < 4.78 is 11.7. The fourth-order valence-corrected chi connectivity index (χ4v) is 2.29. The zero-order valence-electron chi connectivity index (χ0n) is 11.4. The van der Waals surface area contributed by atoms with Gasteiger partial charge in [-0.25, -0.2) is 0 Å². The summed E-state index contributed by atoms with van der Waals surface area (Å²) in [5.74, 6) is 1.02. The van der Waals surface area contributed by atoms with Crippen molar-refractivity contribution in [1.29, 1.82) is 0 Å². The van der Waals surface area contributed by atoms with Crippen LogP contribution < -0.4 is 0 Å². The first-order valence-corrected chi connectivity index (χ1v) is 6.96. The Kier molecular flexibility index (Phi) is 4.14. The smallest absolute Gasteiger partial charge is 0.113 e. The summed E-state index contributed by atoms with van der Waals surface area (Å²) in [4.78, 5) is 0. The molecule has 102 valence electrons. The largest absolute Gasteiger partial charge is 0.493 e. The van der Waals surface area contributed by atoms with E-state index in [0.717, 1.165) is 12.2 Å². The van der Waals surface area contributed by atoms with E-state index in [2.05, 4.69) is 30.3 Å². The maximum atomic E-state index is 5.90. The Hall–Kier alpha value is -2.06. The van der Waals surface area contributed by atoms with E-state index < -0.39 is 0 Å². The van der Waals surface area contributed by atoms with Crippen molar-refractivity contribution >= 4 is 0 Å². The van der Waals surface area contributed by atoms with Gasteiger partial charge in [0.25, 0.3) is 0 Å². The van der Waals surface area contributed by atoms with Gasteiger partial charge in [-0.15, -0.1) is 0 Å². The first kappa shape index (κ1) is 12.9. The van der Waals surface area contributed by atoms with E-state index in [4.69, 9.17) is 9.47 Å². The van der Waals surface area contributed by atoms with Crippen LogP contribution in [0.25, 0.3) is 0 Å². The van der Waals surface area contributed by atoms with Gasteiger partial charge in [0, 0.05) is 6.42 Å². The van der Waals surface area contributed by atoms with E-state index in [1.54, 1.807) is 0 Å². The number of hydrogen-bond donors (Lipinski definition) is 0. The third kappa shape index (κ3) is 3.28. The van der Waals surface area contributed by atoms with Crippen molar-refractivity contribution in [1.82, 2.24) is 0 Å². The Balaban J connectivity index is 1.66. The monoisotopic (exact) mass is 266 g/mol. The third-order valence-electron chi connectivity index (χ3n) is 3.38. The summed E-state index contributed by atoms with van der Waals surface area (Å²) >= 11 is 0. The van der Waals surface area contributed by atoms with Gasteiger partial charge in [0.2, 0.25) is 0 Å². The molecule has 3 rings (SSSR count). The Morgan fingerprint density at radius 3 is 2.40 bits per heavy atom. The molecule has 0 aromatic heterocycles. The lowest BCUT2D eigenvalue weighted by Gasteiger charge is -2.22. The van der Waals surface area contributed by atoms with Crippen LogP contribution in [0.2, 0.25) is 0 Å². The fourth-order valence-electron chi connectivity index (χ4n) is 2.29. The molecule has 2 aromatic carbocycles. The quantitative estimate of drug-likeness (QED) is 0.823. The Bertz CT molecular complexity index is 560. The molecule has 2 nitrogen and oxygen atoms in total. The maximum Gasteiger partial charge on any atom is 0.113 e. The van der Waals surface area contributed by atoms with Crippen LogP contribution in [0.5, 0.6) is 0 Å². The van der Waals surface area contributed by atoms with Crippen molar-refractivity contribution < 1.29 is 9.47 Å². The second kappa shape index (κ2) is 6.40. The van der Waals surface area contributed by atoms with Crippen LogP contribution in [0.4, 0.5) is 0 Å². The molecule has 1 aliphatic rings. The van der Waals surface area contributed by atoms with E-state index >= 15 is 0 Å². The number of hydrogen-bond acceptors (Lipinski definition) is 2. The van der Waals surface area contributed by atoms with Crippen molar-refractivity contribution in [2.45, 2.75) is 19.1 Å². The molecule has 0 spiro atoms. The lowest BCUT2D eigenvalue weighted by molar-refractivity contribution is 0.0501. The van der Waals surface area contributed by atoms with Crippen LogP contribution in [-0.4, -0.2) is 6.61 Å². The number of ether oxygens (including phenoxy) is 2. The van der Waals surface area contributed by atoms with Gasteiger partial charge in [0.15, 0.2) is 0 Å². The average molecular weight is 266 g/mol. The van der Waals surface area contributed by atoms with Gasteiger partial charge in [0.1, 0.15) is 12.7 Å². The summed E-state index contributed by atoms with van der Waals surface area (Å²) in [5.41, 5.74) is 2.36. The highest BCUT2D eigenvalue weighted by molar-refractivity contribution is 5.23. The zero-order chi connectivity index (χ0) is 13.6. The molecule has 2 heteroatoms. The SMILES string of the molecule is C1=C(OCc2ccccc2)CCO[C@@H]1c1ccccc1. The molecule has 1 heterocycles. The molecule has 2 aromatic rings. The lowest BCUT2D eigenvalue weighted by atomic mass is 10.1. The summed E-state index contributed by atoms with van der Waals surface area (Å²) in [6.07, 6.45) is 2.94. The predicted molar refractivity (Wildman–Crippen MR) is 79.1 cm³/mol.